The van der Waals surface area contributed by atoms with Gasteiger partial charge < -0.3 is 10.1 Å². The molecule has 0 aliphatic heterocycles. The molecule has 1 aromatic carbocycles. The summed E-state index contributed by atoms with van der Waals surface area (Å²) in [5, 5.41) is 3.21. The molecule has 0 bridgehead atoms. The molecule has 1 aromatic rings. The van der Waals surface area contributed by atoms with E-state index in [4.69, 9.17) is 4.74 Å². The number of nitrogens with one attached hydrogen (secondary N) is 1. The number of aryl methyl sites for hydroxylation is 1. The second-order valence-corrected chi connectivity index (χ2v) is 6.16. The molecule has 0 saturated carbocycles. The highest BCUT2D eigenvalue weighted by molar-refractivity contribution is 5.37. The molecule has 2 nitrogen and oxygen atoms in total. The Hall–Kier alpha value is -1.02. The molecular weight excluding hydrogens is 222 g/mol. The van der Waals surface area contributed by atoms with E-state index >= 15 is 0 Å². The van der Waals surface area contributed by atoms with Crippen molar-refractivity contribution in [3.8, 4) is 5.75 Å². The smallest absolute Gasteiger partial charge is 0.122 e. The fourth-order valence-electron chi connectivity index (χ4n) is 1.93. The topological polar surface area (TPSA) is 21.3 Å². The van der Waals surface area contributed by atoms with Gasteiger partial charge in [0.25, 0.3) is 0 Å². The van der Waals surface area contributed by atoms with E-state index in [1.165, 1.54) is 11.1 Å². The third kappa shape index (κ3) is 4.34. The van der Waals surface area contributed by atoms with Crippen LogP contribution in [0.25, 0.3) is 0 Å². The SMILES string of the molecule is CNCC(C)(C)COc1cc(C(C)C)ccc1C. The molecule has 0 aromatic heterocycles. The number of hydrogen-bond acceptors (Lipinski definition) is 2. The Bertz CT molecular complexity index is 383. The lowest BCUT2D eigenvalue weighted by atomic mass is 9.95. The maximum Gasteiger partial charge on any atom is 0.122 e. The van der Waals surface area contributed by atoms with E-state index < -0.39 is 0 Å². The summed E-state index contributed by atoms with van der Waals surface area (Å²) in [6.07, 6.45) is 0. The lowest BCUT2D eigenvalue weighted by Gasteiger charge is -2.25. The van der Waals surface area contributed by atoms with Gasteiger partial charge in [-0.2, -0.15) is 0 Å². The molecule has 0 saturated heterocycles. The van der Waals surface area contributed by atoms with Crippen molar-refractivity contribution >= 4 is 0 Å². The van der Waals surface area contributed by atoms with Crippen LogP contribution in [0.1, 0.15) is 44.7 Å². The first-order chi connectivity index (χ1) is 8.35. The minimum absolute atomic E-state index is 0.148. The molecule has 1 rings (SSSR count). The second-order valence-electron chi connectivity index (χ2n) is 6.16. The number of hydrogen-bond donors (Lipinski definition) is 1. The Kier molecular flexibility index (Phi) is 5.21. The van der Waals surface area contributed by atoms with Crippen molar-refractivity contribution < 1.29 is 4.74 Å². The van der Waals surface area contributed by atoms with Crippen molar-refractivity contribution in [1.82, 2.24) is 5.32 Å². The van der Waals surface area contributed by atoms with Gasteiger partial charge >= 0.3 is 0 Å². The van der Waals surface area contributed by atoms with Crippen LogP contribution in [-0.2, 0) is 0 Å². The lowest BCUT2D eigenvalue weighted by Crippen LogP contribution is -2.32. The average molecular weight is 249 g/mol. The summed E-state index contributed by atoms with van der Waals surface area (Å²) in [4.78, 5) is 0. The Balaban J connectivity index is 2.75. The Morgan fingerprint density at radius 1 is 1.28 bits per heavy atom. The zero-order valence-electron chi connectivity index (χ0n) is 12.6. The van der Waals surface area contributed by atoms with E-state index in [1.807, 2.05) is 7.05 Å². The van der Waals surface area contributed by atoms with E-state index in [2.05, 4.69) is 58.1 Å². The van der Waals surface area contributed by atoms with Crippen LogP contribution in [0.15, 0.2) is 18.2 Å². The quantitative estimate of drug-likeness (QED) is 0.829. The second kappa shape index (κ2) is 6.24. The molecule has 1 N–H and O–H groups in total. The van der Waals surface area contributed by atoms with Gasteiger partial charge in [0.2, 0.25) is 0 Å². The standard InChI is InChI=1S/C16H27NO/c1-12(2)14-8-7-13(3)15(9-14)18-11-16(4,5)10-17-6/h7-9,12,17H,10-11H2,1-6H3. The Morgan fingerprint density at radius 2 is 1.94 bits per heavy atom. The third-order valence-electron chi connectivity index (χ3n) is 3.15. The molecule has 0 atom stereocenters. The average Bonchev–Trinajstić information content (AvgIpc) is 2.27. The van der Waals surface area contributed by atoms with Crippen LogP contribution in [-0.4, -0.2) is 20.2 Å². The van der Waals surface area contributed by atoms with Crippen LogP contribution in [0.3, 0.4) is 0 Å². The van der Waals surface area contributed by atoms with Crippen LogP contribution in [0.2, 0.25) is 0 Å². The van der Waals surface area contributed by atoms with Gasteiger partial charge in [-0.1, -0.05) is 39.8 Å². The molecule has 0 heterocycles. The Labute approximate surface area is 112 Å². The van der Waals surface area contributed by atoms with E-state index in [0.717, 1.165) is 18.9 Å². The summed E-state index contributed by atoms with van der Waals surface area (Å²) < 4.78 is 6.00. The van der Waals surface area contributed by atoms with Crippen molar-refractivity contribution in [2.75, 3.05) is 20.2 Å². The zero-order valence-corrected chi connectivity index (χ0v) is 12.6. The van der Waals surface area contributed by atoms with Gasteiger partial charge in [-0.15, -0.1) is 0 Å². The van der Waals surface area contributed by atoms with Crippen LogP contribution in [0.5, 0.6) is 5.75 Å². The van der Waals surface area contributed by atoms with Gasteiger partial charge in [0.15, 0.2) is 0 Å². The molecule has 0 spiro atoms. The van der Waals surface area contributed by atoms with Gasteiger partial charge in [-0.05, 0) is 37.1 Å². The van der Waals surface area contributed by atoms with Gasteiger partial charge in [0, 0.05) is 12.0 Å². The largest absolute Gasteiger partial charge is 0.493 e. The minimum atomic E-state index is 0.148. The van der Waals surface area contributed by atoms with E-state index in [-0.39, 0.29) is 5.41 Å². The summed E-state index contributed by atoms with van der Waals surface area (Å²) in [6.45, 7) is 12.6. The molecule has 0 aliphatic rings. The maximum atomic E-state index is 6.00. The third-order valence-corrected chi connectivity index (χ3v) is 3.15. The molecule has 0 radical (unpaired) electrons. The fraction of sp³-hybridized carbons (Fsp3) is 0.625. The molecule has 0 aliphatic carbocycles. The van der Waals surface area contributed by atoms with Gasteiger partial charge in [0.1, 0.15) is 5.75 Å². The molecule has 2 heteroatoms. The summed E-state index contributed by atoms with van der Waals surface area (Å²) in [6, 6.07) is 6.51. The van der Waals surface area contributed by atoms with E-state index in [0.29, 0.717) is 5.92 Å². The van der Waals surface area contributed by atoms with Crippen LogP contribution < -0.4 is 10.1 Å². The van der Waals surface area contributed by atoms with Crippen LogP contribution >= 0.6 is 0 Å². The van der Waals surface area contributed by atoms with Gasteiger partial charge in [-0.25, -0.2) is 0 Å². The summed E-state index contributed by atoms with van der Waals surface area (Å²) in [7, 11) is 1.98. The Morgan fingerprint density at radius 3 is 2.50 bits per heavy atom. The van der Waals surface area contributed by atoms with Gasteiger partial charge in [0.05, 0.1) is 6.61 Å². The monoisotopic (exact) mass is 249 g/mol. The maximum absolute atomic E-state index is 6.00. The number of rotatable bonds is 6. The summed E-state index contributed by atoms with van der Waals surface area (Å²) in [5.74, 6) is 1.56. The van der Waals surface area contributed by atoms with Gasteiger partial charge in [-0.3, -0.25) is 0 Å². The van der Waals surface area contributed by atoms with Crippen molar-refractivity contribution in [3.05, 3.63) is 29.3 Å². The normalized spacial score (nSPS) is 11.9. The molecule has 18 heavy (non-hydrogen) atoms. The van der Waals surface area contributed by atoms with Crippen molar-refractivity contribution in [2.45, 2.75) is 40.5 Å². The first-order valence-corrected chi connectivity index (χ1v) is 6.73. The van der Waals surface area contributed by atoms with Crippen molar-refractivity contribution in [1.29, 1.82) is 0 Å². The van der Waals surface area contributed by atoms with Crippen molar-refractivity contribution in [2.24, 2.45) is 5.41 Å². The predicted molar refractivity (Wildman–Crippen MR) is 78.5 cm³/mol. The lowest BCUT2D eigenvalue weighted by molar-refractivity contribution is 0.178. The predicted octanol–water partition coefficient (Wildman–Crippen LogP) is 3.74. The number of ether oxygens (including phenoxy) is 1. The molecular formula is C16H27NO. The summed E-state index contributed by atoms with van der Waals surface area (Å²) in [5.41, 5.74) is 2.69. The fourth-order valence-corrected chi connectivity index (χ4v) is 1.93. The van der Waals surface area contributed by atoms with Crippen LogP contribution in [0.4, 0.5) is 0 Å². The molecule has 0 amide bonds. The highest BCUT2D eigenvalue weighted by Gasteiger charge is 2.18. The van der Waals surface area contributed by atoms with Crippen molar-refractivity contribution in [3.63, 3.8) is 0 Å². The summed E-state index contributed by atoms with van der Waals surface area (Å²) >= 11 is 0. The van der Waals surface area contributed by atoms with E-state index in [1.54, 1.807) is 0 Å². The van der Waals surface area contributed by atoms with E-state index in [9.17, 15) is 0 Å². The molecule has 102 valence electrons. The highest BCUT2D eigenvalue weighted by Crippen LogP contribution is 2.26. The first kappa shape index (κ1) is 15.0. The first-order valence-electron chi connectivity index (χ1n) is 6.73. The molecule has 0 unspecified atom stereocenters. The number of benzene rings is 1. The zero-order chi connectivity index (χ0) is 13.8. The highest BCUT2D eigenvalue weighted by atomic mass is 16.5. The van der Waals surface area contributed by atoms with Crippen LogP contribution in [0, 0.1) is 12.3 Å². The minimum Gasteiger partial charge on any atom is -0.493 e. The molecule has 0 fully saturated rings.